The summed E-state index contributed by atoms with van der Waals surface area (Å²) in [6, 6.07) is 6.40. The number of amides is 1. The lowest BCUT2D eigenvalue weighted by Crippen LogP contribution is -2.18. The van der Waals surface area contributed by atoms with Crippen LogP contribution in [-0.2, 0) is 20.6 Å². The number of rotatable bonds is 6. The molecule has 2 atom stereocenters. The van der Waals surface area contributed by atoms with Gasteiger partial charge in [0.2, 0.25) is 0 Å². The number of epoxide rings is 2. The van der Waals surface area contributed by atoms with Crippen molar-refractivity contribution in [3.63, 3.8) is 0 Å². The van der Waals surface area contributed by atoms with Crippen LogP contribution in [0.1, 0.15) is 28.9 Å². The zero-order valence-electron chi connectivity index (χ0n) is 11.3. The van der Waals surface area contributed by atoms with E-state index in [2.05, 4.69) is 22.9 Å². The second-order valence-electron chi connectivity index (χ2n) is 4.84. The molecule has 1 amide bonds. The smallest absolute Gasteiger partial charge is 0.417 e. The summed E-state index contributed by atoms with van der Waals surface area (Å²) < 4.78 is 18.3. The molecular formula is C14H17NO4S. The molecule has 2 heterocycles. The molecule has 0 spiro atoms. The van der Waals surface area contributed by atoms with E-state index in [0.29, 0.717) is 13.0 Å². The molecule has 0 radical (unpaired) electrons. The maximum absolute atomic E-state index is 11.2. The summed E-state index contributed by atoms with van der Waals surface area (Å²) in [4.78, 5) is 11.2. The van der Waals surface area contributed by atoms with Crippen LogP contribution in [0.4, 0.5) is 4.79 Å². The first-order chi connectivity index (χ1) is 9.76. The molecule has 1 aromatic carbocycles. The van der Waals surface area contributed by atoms with Gasteiger partial charge in [-0.15, -0.1) is 0 Å². The van der Waals surface area contributed by atoms with Crippen molar-refractivity contribution >= 4 is 18.0 Å². The van der Waals surface area contributed by atoms with Crippen molar-refractivity contribution in [3.8, 4) is 0 Å². The largest absolute Gasteiger partial charge is 0.449 e. The topological polar surface area (TPSA) is 63.4 Å². The highest BCUT2D eigenvalue weighted by Gasteiger charge is 2.29. The molecule has 2 aliphatic rings. The Balaban J connectivity index is 1.61. The van der Waals surface area contributed by atoms with E-state index in [4.69, 9.17) is 14.2 Å². The zero-order chi connectivity index (χ0) is 13.9. The summed E-state index contributed by atoms with van der Waals surface area (Å²) in [5, 5.41) is 0. The number of nitrogens with one attached hydrogen (secondary N) is 1. The van der Waals surface area contributed by atoms with E-state index in [9.17, 15) is 4.79 Å². The van der Waals surface area contributed by atoms with Gasteiger partial charge in [-0.3, -0.25) is 4.72 Å². The van der Waals surface area contributed by atoms with Crippen LogP contribution in [0.15, 0.2) is 18.2 Å². The summed E-state index contributed by atoms with van der Waals surface area (Å²) in [5.74, 6) is 0. The van der Waals surface area contributed by atoms with Gasteiger partial charge in [-0.2, -0.15) is 0 Å². The van der Waals surface area contributed by atoms with Crippen LogP contribution in [0.2, 0.25) is 0 Å². The molecule has 0 aromatic heterocycles. The molecule has 20 heavy (non-hydrogen) atoms. The fraction of sp³-hybridized carbons (Fsp3) is 0.500. The maximum Gasteiger partial charge on any atom is 0.417 e. The van der Waals surface area contributed by atoms with Crippen LogP contribution in [-0.4, -0.2) is 32.2 Å². The third-order valence-electron chi connectivity index (χ3n) is 3.26. The minimum Gasteiger partial charge on any atom is -0.449 e. The van der Waals surface area contributed by atoms with Crippen molar-refractivity contribution in [2.75, 3.05) is 26.1 Å². The Morgan fingerprint density at radius 2 is 1.90 bits per heavy atom. The molecule has 2 aliphatic heterocycles. The quantitative estimate of drug-likeness (QED) is 0.645. The van der Waals surface area contributed by atoms with Gasteiger partial charge in [0.05, 0.1) is 19.8 Å². The minimum atomic E-state index is -0.398. The van der Waals surface area contributed by atoms with Gasteiger partial charge >= 0.3 is 6.09 Å². The molecule has 3 rings (SSSR count). The summed E-state index contributed by atoms with van der Waals surface area (Å²) in [6.07, 6.45) is 2.54. The average Bonchev–Trinajstić information content (AvgIpc) is 3.31. The maximum atomic E-state index is 11.2. The monoisotopic (exact) mass is 295 g/mol. The molecule has 6 heteroatoms. The first-order valence-corrected chi connectivity index (χ1v) is 7.81. The van der Waals surface area contributed by atoms with E-state index in [0.717, 1.165) is 18.8 Å². The number of hydrogen-bond donors (Lipinski definition) is 1. The van der Waals surface area contributed by atoms with Gasteiger partial charge in [-0.25, -0.2) is 4.79 Å². The summed E-state index contributed by atoms with van der Waals surface area (Å²) in [5.41, 5.74) is 3.54. The Labute approximate surface area is 122 Å². The van der Waals surface area contributed by atoms with E-state index in [1.54, 1.807) is 6.26 Å². The Bertz CT molecular complexity index is 470. The number of benzene rings is 1. The third-order valence-corrected chi connectivity index (χ3v) is 3.63. The molecule has 2 saturated heterocycles. The molecule has 1 N–H and O–H groups in total. The van der Waals surface area contributed by atoms with Gasteiger partial charge in [0, 0.05) is 12.7 Å². The molecule has 5 nitrogen and oxygen atoms in total. The predicted octanol–water partition coefficient (Wildman–Crippen LogP) is 2.38. The lowest BCUT2D eigenvalue weighted by atomic mass is 10.0. The lowest BCUT2D eigenvalue weighted by Gasteiger charge is -2.08. The number of carbonyl (C=O) groups is 1. The molecule has 0 aliphatic carbocycles. The Hall–Kier alpha value is -1.24. The number of carbonyl (C=O) groups excluding carboxylic acids is 1. The van der Waals surface area contributed by atoms with Gasteiger partial charge in [-0.05, 0) is 16.7 Å². The van der Waals surface area contributed by atoms with Crippen molar-refractivity contribution in [1.82, 2.24) is 4.72 Å². The first-order valence-electron chi connectivity index (χ1n) is 6.59. The zero-order valence-corrected chi connectivity index (χ0v) is 12.1. The molecule has 1 aromatic rings. The van der Waals surface area contributed by atoms with Gasteiger partial charge in [0.1, 0.15) is 12.2 Å². The van der Waals surface area contributed by atoms with Crippen LogP contribution >= 0.6 is 11.9 Å². The third kappa shape index (κ3) is 3.65. The molecule has 2 fully saturated rings. The highest BCUT2D eigenvalue weighted by Crippen LogP contribution is 2.36. The van der Waals surface area contributed by atoms with E-state index >= 15 is 0 Å². The van der Waals surface area contributed by atoms with Gasteiger partial charge < -0.3 is 14.2 Å². The van der Waals surface area contributed by atoms with Crippen molar-refractivity contribution in [2.45, 2.75) is 18.6 Å². The lowest BCUT2D eigenvalue weighted by molar-refractivity contribution is 0.154. The first kappa shape index (κ1) is 13.7. The van der Waals surface area contributed by atoms with Crippen molar-refractivity contribution < 1.29 is 19.0 Å². The molecule has 0 bridgehead atoms. The van der Waals surface area contributed by atoms with Crippen LogP contribution in [0.25, 0.3) is 0 Å². The van der Waals surface area contributed by atoms with Crippen molar-refractivity contribution in [2.24, 2.45) is 0 Å². The van der Waals surface area contributed by atoms with Gasteiger partial charge in [-0.1, -0.05) is 30.1 Å². The molecule has 108 valence electrons. The Kier molecular flexibility index (Phi) is 4.14. The van der Waals surface area contributed by atoms with Crippen LogP contribution < -0.4 is 4.72 Å². The van der Waals surface area contributed by atoms with E-state index in [1.165, 1.54) is 23.1 Å². The van der Waals surface area contributed by atoms with Crippen LogP contribution in [0.3, 0.4) is 0 Å². The minimum absolute atomic E-state index is 0.230. The van der Waals surface area contributed by atoms with E-state index < -0.39 is 6.09 Å². The molecular weight excluding hydrogens is 278 g/mol. The van der Waals surface area contributed by atoms with Crippen LogP contribution in [0.5, 0.6) is 0 Å². The van der Waals surface area contributed by atoms with Gasteiger partial charge in [0.25, 0.3) is 0 Å². The second-order valence-corrected chi connectivity index (χ2v) is 5.46. The van der Waals surface area contributed by atoms with Crippen molar-refractivity contribution in [3.05, 3.63) is 34.9 Å². The standard InChI is InChI=1S/C14H17NO4S/c1-20-15-14(16)17-3-2-9-4-10(12-7-18-12)6-11(5-9)13-8-19-13/h4-6,12-13H,2-3,7-8H2,1H3,(H,15,16). The van der Waals surface area contributed by atoms with E-state index in [-0.39, 0.29) is 12.2 Å². The van der Waals surface area contributed by atoms with E-state index in [1.807, 2.05) is 0 Å². The Morgan fingerprint density at radius 3 is 2.40 bits per heavy atom. The second kappa shape index (κ2) is 6.03. The summed E-state index contributed by atoms with van der Waals surface area (Å²) in [6.45, 7) is 1.95. The van der Waals surface area contributed by atoms with Crippen molar-refractivity contribution in [1.29, 1.82) is 0 Å². The fourth-order valence-corrected chi connectivity index (χ4v) is 2.34. The molecule has 0 saturated carbocycles. The predicted molar refractivity (Wildman–Crippen MR) is 75.5 cm³/mol. The Morgan fingerprint density at radius 1 is 1.30 bits per heavy atom. The van der Waals surface area contributed by atoms with Crippen LogP contribution in [0, 0.1) is 0 Å². The highest BCUT2D eigenvalue weighted by atomic mass is 32.2. The molecule has 2 unspecified atom stereocenters. The number of ether oxygens (including phenoxy) is 3. The SMILES string of the molecule is CSNC(=O)OCCc1cc(C2CO2)cc(C2CO2)c1. The summed E-state index contributed by atoms with van der Waals surface area (Å²) in [7, 11) is 0. The summed E-state index contributed by atoms with van der Waals surface area (Å²) >= 11 is 1.23. The average molecular weight is 295 g/mol. The normalized spacial score (nSPS) is 23.2. The number of hydrogen-bond acceptors (Lipinski definition) is 5. The van der Waals surface area contributed by atoms with Gasteiger partial charge in [0.15, 0.2) is 0 Å². The fourth-order valence-electron chi connectivity index (χ4n) is 2.12. The highest BCUT2D eigenvalue weighted by molar-refractivity contribution is 7.97.